The van der Waals surface area contributed by atoms with Gasteiger partial charge in [0, 0.05) is 6.20 Å². The van der Waals surface area contributed by atoms with Crippen molar-refractivity contribution < 1.29 is 13.7 Å². The SMILES string of the molecule is Cc1onc(-c2c(F)cccc2Cl)c1C(=O)Nc1cnn(Cc2ccccc2)c1. The van der Waals surface area contributed by atoms with Gasteiger partial charge in [-0.2, -0.15) is 5.10 Å². The Balaban J connectivity index is 1.58. The molecule has 1 amide bonds. The maximum atomic E-state index is 14.3. The fourth-order valence-corrected chi connectivity index (χ4v) is 3.27. The molecule has 0 aliphatic heterocycles. The highest BCUT2D eigenvalue weighted by molar-refractivity contribution is 6.33. The summed E-state index contributed by atoms with van der Waals surface area (Å²) in [6, 6.07) is 14.1. The van der Waals surface area contributed by atoms with Gasteiger partial charge in [0.15, 0.2) is 0 Å². The fraction of sp³-hybridized carbons (Fsp3) is 0.0952. The number of carbonyl (C=O) groups excluding carboxylic acids is 1. The maximum absolute atomic E-state index is 14.3. The van der Waals surface area contributed by atoms with Gasteiger partial charge < -0.3 is 9.84 Å². The molecule has 0 aliphatic rings. The summed E-state index contributed by atoms with van der Waals surface area (Å²) in [6.07, 6.45) is 3.25. The molecule has 0 saturated carbocycles. The Morgan fingerprint density at radius 1 is 1.21 bits per heavy atom. The number of nitrogens with zero attached hydrogens (tertiary/aromatic N) is 3. The molecule has 6 nitrogen and oxygen atoms in total. The third-order valence-corrected chi connectivity index (χ3v) is 4.68. The van der Waals surface area contributed by atoms with Gasteiger partial charge in [0.05, 0.1) is 29.0 Å². The molecule has 8 heteroatoms. The van der Waals surface area contributed by atoms with Crippen LogP contribution in [0.15, 0.2) is 65.4 Å². The van der Waals surface area contributed by atoms with E-state index in [1.807, 2.05) is 30.3 Å². The Labute approximate surface area is 170 Å². The molecule has 0 atom stereocenters. The zero-order valence-corrected chi connectivity index (χ0v) is 16.2. The van der Waals surface area contributed by atoms with Gasteiger partial charge in [-0.1, -0.05) is 53.2 Å². The minimum Gasteiger partial charge on any atom is -0.360 e. The normalized spacial score (nSPS) is 10.9. The summed E-state index contributed by atoms with van der Waals surface area (Å²) in [7, 11) is 0. The first-order valence-corrected chi connectivity index (χ1v) is 9.19. The molecule has 2 heterocycles. The maximum Gasteiger partial charge on any atom is 0.261 e. The van der Waals surface area contributed by atoms with Crippen LogP contribution in [0, 0.1) is 12.7 Å². The summed E-state index contributed by atoms with van der Waals surface area (Å²) in [6.45, 7) is 2.15. The van der Waals surface area contributed by atoms with Crippen LogP contribution >= 0.6 is 11.6 Å². The first kappa shape index (κ1) is 18.9. The highest BCUT2D eigenvalue weighted by Gasteiger charge is 2.25. The van der Waals surface area contributed by atoms with Gasteiger partial charge in [-0.05, 0) is 24.6 Å². The molecule has 4 rings (SSSR count). The van der Waals surface area contributed by atoms with Gasteiger partial charge in [0.1, 0.15) is 22.8 Å². The second-order valence-electron chi connectivity index (χ2n) is 6.43. The zero-order valence-electron chi connectivity index (χ0n) is 15.4. The Hall–Kier alpha value is -3.45. The van der Waals surface area contributed by atoms with Crippen LogP contribution in [-0.2, 0) is 6.54 Å². The summed E-state index contributed by atoms with van der Waals surface area (Å²) < 4.78 is 21.2. The Bertz CT molecular complexity index is 1150. The van der Waals surface area contributed by atoms with Crippen LogP contribution < -0.4 is 5.32 Å². The highest BCUT2D eigenvalue weighted by atomic mass is 35.5. The first-order valence-electron chi connectivity index (χ1n) is 8.81. The van der Waals surface area contributed by atoms with Gasteiger partial charge in [0.25, 0.3) is 5.91 Å². The molecule has 0 spiro atoms. The van der Waals surface area contributed by atoms with Crippen LogP contribution in [-0.4, -0.2) is 20.8 Å². The van der Waals surface area contributed by atoms with Crippen LogP contribution in [0.3, 0.4) is 0 Å². The van der Waals surface area contributed by atoms with E-state index in [0.717, 1.165) is 5.56 Å². The first-order chi connectivity index (χ1) is 14.0. The second kappa shape index (κ2) is 7.89. The lowest BCUT2D eigenvalue weighted by Gasteiger charge is -2.06. The molecule has 4 aromatic rings. The number of halogens is 2. The second-order valence-corrected chi connectivity index (χ2v) is 6.83. The lowest BCUT2D eigenvalue weighted by atomic mass is 10.0. The minimum absolute atomic E-state index is 0.0240. The summed E-state index contributed by atoms with van der Waals surface area (Å²) in [5.41, 5.74) is 1.78. The molecular weight excluding hydrogens is 395 g/mol. The van der Waals surface area contributed by atoms with Gasteiger partial charge in [-0.3, -0.25) is 9.48 Å². The number of aromatic nitrogens is 3. The number of rotatable bonds is 5. The number of anilines is 1. The van der Waals surface area contributed by atoms with Crippen molar-refractivity contribution in [3.8, 4) is 11.3 Å². The van der Waals surface area contributed by atoms with E-state index in [-0.39, 0.29) is 27.6 Å². The zero-order chi connectivity index (χ0) is 20.4. The van der Waals surface area contributed by atoms with Gasteiger partial charge >= 0.3 is 0 Å². The molecule has 29 heavy (non-hydrogen) atoms. The Morgan fingerprint density at radius 3 is 2.76 bits per heavy atom. The Morgan fingerprint density at radius 2 is 2.00 bits per heavy atom. The van der Waals surface area contributed by atoms with Crippen molar-refractivity contribution in [2.75, 3.05) is 5.32 Å². The summed E-state index contributed by atoms with van der Waals surface area (Å²) in [4.78, 5) is 12.9. The number of amides is 1. The third-order valence-electron chi connectivity index (χ3n) is 4.37. The largest absolute Gasteiger partial charge is 0.360 e. The van der Waals surface area contributed by atoms with Crippen LogP contribution in [0.25, 0.3) is 11.3 Å². The summed E-state index contributed by atoms with van der Waals surface area (Å²) >= 11 is 6.12. The van der Waals surface area contributed by atoms with Crippen LogP contribution in [0.5, 0.6) is 0 Å². The van der Waals surface area contributed by atoms with E-state index in [1.54, 1.807) is 24.0 Å². The average molecular weight is 411 g/mol. The number of carbonyl (C=O) groups is 1. The van der Waals surface area contributed by atoms with E-state index >= 15 is 0 Å². The molecule has 0 fully saturated rings. The van der Waals surface area contributed by atoms with E-state index in [1.165, 1.54) is 18.2 Å². The van der Waals surface area contributed by atoms with Crippen LogP contribution in [0.2, 0.25) is 5.02 Å². The van der Waals surface area contributed by atoms with E-state index in [2.05, 4.69) is 15.6 Å². The van der Waals surface area contributed by atoms with E-state index in [4.69, 9.17) is 16.1 Å². The van der Waals surface area contributed by atoms with Crippen LogP contribution in [0.1, 0.15) is 21.7 Å². The molecule has 2 aromatic heterocycles. The van der Waals surface area contributed by atoms with Crippen molar-refractivity contribution in [3.63, 3.8) is 0 Å². The minimum atomic E-state index is -0.587. The molecule has 0 unspecified atom stereocenters. The number of nitrogens with one attached hydrogen (secondary N) is 1. The predicted molar refractivity (Wildman–Crippen MR) is 107 cm³/mol. The predicted octanol–water partition coefficient (Wildman–Crippen LogP) is 4.94. The molecule has 0 bridgehead atoms. The van der Waals surface area contributed by atoms with Gasteiger partial charge in [0.2, 0.25) is 0 Å². The summed E-state index contributed by atoms with van der Waals surface area (Å²) in [5.74, 6) is -0.818. The molecule has 1 N–H and O–H groups in total. The standard InChI is InChI=1S/C21H16ClFN4O2/c1-13-18(20(26-29-13)19-16(22)8-5-9-17(19)23)21(28)25-15-10-24-27(12-15)11-14-6-3-2-4-7-14/h2-10,12H,11H2,1H3,(H,25,28). The van der Waals surface area contributed by atoms with E-state index in [0.29, 0.717) is 12.2 Å². The van der Waals surface area contributed by atoms with Crippen molar-refractivity contribution >= 4 is 23.2 Å². The lowest BCUT2D eigenvalue weighted by molar-refractivity contribution is 0.102. The number of benzene rings is 2. The topological polar surface area (TPSA) is 73.0 Å². The molecule has 2 aromatic carbocycles. The molecule has 0 saturated heterocycles. The van der Waals surface area contributed by atoms with Crippen molar-refractivity contribution in [2.24, 2.45) is 0 Å². The van der Waals surface area contributed by atoms with Gasteiger partial charge in [-0.15, -0.1) is 0 Å². The van der Waals surface area contributed by atoms with Gasteiger partial charge in [-0.25, -0.2) is 4.39 Å². The average Bonchev–Trinajstić information content (AvgIpc) is 3.29. The van der Waals surface area contributed by atoms with Crippen molar-refractivity contribution in [2.45, 2.75) is 13.5 Å². The van der Waals surface area contributed by atoms with Crippen molar-refractivity contribution in [1.29, 1.82) is 0 Å². The number of aryl methyl sites for hydroxylation is 1. The number of hydrogen-bond acceptors (Lipinski definition) is 4. The number of hydrogen-bond donors (Lipinski definition) is 1. The lowest BCUT2D eigenvalue weighted by Crippen LogP contribution is -2.13. The Kier molecular flexibility index (Phi) is 5.14. The molecule has 146 valence electrons. The van der Waals surface area contributed by atoms with E-state index in [9.17, 15) is 9.18 Å². The third kappa shape index (κ3) is 3.90. The fourth-order valence-electron chi connectivity index (χ4n) is 3.01. The molecule has 0 radical (unpaired) electrons. The monoisotopic (exact) mass is 410 g/mol. The van der Waals surface area contributed by atoms with Crippen molar-refractivity contribution in [3.05, 3.63) is 88.7 Å². The molecular formula is C21H16ClFN4O2. The smallest absolute Gasteiger partial charge is 0.261 e. The van der Waals surface area contributed by atoms with E-state index < -0.39 is 11.7 Å². The van der Waals surface area contributed by atoms with Crippen molar-refractivity contribution in [1.82, 2.24) is 14.9 Å². The highest BCUT2D eigenvalue weighted by Crippen LogP contribution is 2.33. The molecule has 0 aliphatic carbocycles. The van der Waals surface area contributed by atoms with Crippen LogP contribution in [0.4, 0.5) is 10.1 Å². The quantitative estimate of drug-likeness (QED) is 0.505. The summed E-state index contributed by atoms with van der Waals surface area (Å²) in [5, 5.41) is 11.0.